The molecule has 0 aliphatic heterocycles. The van der Waals surface area contributed by atoms with Crippen molar-refractivity contribution < 1.29 is 9.90 Å². The molecule has 0 spiro atoms. The SMILES string of the molecule is CN(CC1CC(O)C1)C(=O)c1ncccc1Br. The first kappa shape index (κ1) is 12.5. The number of carbonyl (C=O) groups excluding carboxylic acids is 1. The largest absolute Gasteiger partial charge is 0.393 e. The Morgan fingerprint density at radius 3 is 2.94 bits per heavy atom. The molecule has 1 heterocycles. The zero-order valence-electron chi connectivity index (χ0n) is 9.64. The van der Waals surface area contributed by atoms with Gasteiger partial charge in [-0.05, 0) is 46.8 Å². The molecule has 4 nitrogen and oxygen atoms in total. The van der Waals surface area contributed by atoms with Crippen LogP contribution in [-0.4, -0.2) is 40.6 Å². The van der Waals surface area contributed by atoms with Crippen LogP contribution in [0.15, 0.2) is 22.8 Å². The van der Waals surface area contributed by atoms with Gasteiger partial charge in [-0.1, -0.05) is 0 Å². The van der Waals surface area contributed by atoms with E-state index in [4.69, 9.17) is 0 Å². The summed E-state index contributed by atoms with van der Waals surface area (Å²) in [7, 11) is 1.77. The lowest BCUT2D eigenvalue weighted by molar-refractivity contribution is 0.0263. The number of hydrogen-bond donors (Lipinski definition) is 1. The van der Waals surface area contributed by atoms with Crippen molar-refractivity contribution in [3.8, 4) is 0 Å². The molecule has 0 bridgehead atoms. The zero-order chi connectivity index (χ0) is 12.4. The lowest BCUT2D eigenvalue weighted by Gasteiger charge is -2.34. The lowest BCUT2D eigenvalue weighted by atomic mass is 9.82. The van der Waals surface area contributed by atoms with Gasteiger partial charge in [0, 0.05) is 24.3 Å². The van der Waals surface area contributed by atoms with Crippen molar-refractivity contribution >= 4 is 21.8 Å². The highest BCUT2D eigenvalue weighted by Crippen LogP contribution is 2.28. The fourth-order valence-electron chi connectivity index (χ4n) is 2.04. The molecule has 0 saturated heterocycles. The standard InChI is InChI=1S/C12H15BrN2O2/c1-15(7-8-5-9(16)6-8)12(17)11-10(13)3-2-4-14-11/h2-4,8-9,16H,5-7H2,1H3. The molecule has 1 aromatic rings. The van der Waals surface area contributed by atoms with Crippen molar-refractivity contribution in [2.75, 3.05) is 13.6 Å². The summed E-state index contributed by atoms with van der Waals surface area (Å²) in [6.45, 7) is 0.679. The maximum Gasteiger partial charge on any atom is 0.273 e. The summed E-state index contributed by atoms with van der Waals surface area (Å²) in [4.78, 5) is 17.8. The molecule has 1 aromatic heterocycles. The molecule has 0 aromatic carbocycles. The molecule has 1 N–H and O–H groups in total. The predicted molar refractivity (Wildman–Crippen MR) is 67.6 cm³/mol. The number of rotatable bonds is 3. The summed E-state index contributed by atoms with van der Waals surface area (Å²) in [5.74, 6) is 0.334. The molecule has 0 atom stereocenters. The van der Waals surface area contributed by atoms with Gasteiger partial charge < -0.3 is 10.0 Å². The first-order valence-electron chi connectivity index (χ1n) is 5.62. The Kier molecular flexibility index (Phi) is 3.79. The van der Waals surface area contributed by atoms with Crippen molar-refractivity contribution in [1.29, 1.82) is 0 Å². The van der Waals surface area contributed by atoms with Crippen molar-refractivity contribution in [2.45, 2.75) is 18.9 Å². The van der Waals surface area contributed by atoms with Gasteiger partial charge in [0.2, 0.25) is 0 Å². The van der Waals surface area contributed by atoms with Gasteiger partial charge in [0.15, 0.2) is 0 Å². The van der Waals surface area contributed by atoms with E-state index >= 15 is 0 Å². The van der Waals surface area contributed by atoms with Crippen LogP contribution >= 0.6 is 15.9 Å². The monoisotopic (exact) mass is 298 g/mol. The minimum absolute atomic E-state index is 0.0844. The first-order chi connectivity index (χ1) is 8.08. The molecule has 0 radical (unpaired) electrons. The molecular formula is C12H15BrN2O2. The van der Waals surface area contributed by atoms with E-state index < -0.39 is 0 Å². The van der Waals surface area contributed by atoms with Crippen LogP contribution in [0.2, 0.25) is 0 Å². The zero-order valence-corrected chi connectivity index (χ0v) is 11.2. The highest BCUT2D eigenvalue weighted by molar-refractivity contribution is 9.10. The predicted octanol–water partition coefficient (Wildman–Crippen LogP) is 1.69. The van der Waals surface area contributed by atoms with E-state index in [1.807, 2.05) is 0 Å². The number of aromatic nitrogens is 1. The van der Waals surface area contributed by atoms with Crippen molar-refractivity contribution in [3.63, 3.8) is 0 Å². The molecular weight excluding hydrogens is 284 g/mol. The maximum absolute atomic E-state index is 12.1. The van der Waals surface area contributed by atoms with E-state index in [0.717, 1.165) is 12.8 Å². The summed E-state index contributed by atoms with van der Waals surface area (Å²) in [5.41, 5.74) is 0.440. The second-order valence-electron chi connectivity index (χ2n) is 4.51. The van der Waals surface area contributed by atoms with Crippen LogP contribution in [-0.2, 0) is 0 Å². The Morgan fingerprint density at radius 2 is 2.35 bits per heavy atom. The average molecular weight is 299 g/mol. The van der Waals surface area contributed by atoms with E-state index in [9.17, 15) is 9.90 Å². The topological polar surface area (TPSA) is 53.4 Å². The van der Waals surface area contributed by atoms with Gasteiger partial charge >= 0.3 is 0 Å². The fraction of sp³-hybridized carbons (Fsp3) is 0.500. The van der Waals surface area contributed by atoms with Crippen molar-refractivity contribution in [3.05, 3.63) is 28.5 Å². The van der Waals surface area contributed by atoms with Crippen molar-refractivity contribution in [1.82, 2.24) is 9.88 Å². The third-order valence-electron chi connectivity index (χ3n) is 3.05. The third kappa shape index (κ3) is 2.84. The molecule has 1 saturated carbocycles. The molecule has 92 valence electrons. The first-order valence-corrected chi connectivity index (χ1v) is 6.41. The lowest BCUT2D eigenvalue weighted by Crippen LogP contribution is -2.39. The van der Waals surface area contributed by atoms with E-state index in [1.54, 1.807) is 30.3 Å². The molecule has 1 amide bonds. The Morgan fingerprint density at radius 1 is 1.65 bits per heavy atom. The van der Waals surface area contributed by atoms with Crippen LogP contribution in [0.1, 0.15) is 23.3 Å². The summed E-state index contributed by atoms with van der Waals surface area (Å²) >= 11 is 3.32. The number of aliphatic hydroxyl groups excluding tert-OH is 1. The highest BCUT2D eigenvalue weighted by Gasteiger charge is 2.29. The number of carbonyl (C=O) groups is 1. The molecule has 1 aliphatic carbocycles. The fourth-order valence-corrected chi connectivity index (χ4v) is 2.47. The summed E-state index contributed by atoms with van der Waals surface area (Å²) in [6, 6.07) is 3.59. The van der Waals surface area contributed by atoms with Gasteiger partial charge in [-0.2, -0.15) is 0 Å². The van der Waals surface area contributed by atoms with Crippen LogP contribution in [0.3, 0.4) is 0 Å². The Labute approximate surface area is 109 Å². The molecule has 5 heteroatoms. The van der Waals surface area contributed by atoms with Crippen LogP contribution in [0.5, 0.6) is 0 Å². The van der Waals surface area contributed by atoms with Crippen LogP contribution < -0.4 is 0 Å². The third-order valence-corrected chi connectivity index (χ3v) is 3.69. The van der Waals surface area contributed by atoms with E-state index in [2.05, 4.69) is 20.9 Å². The Balaban J connectivity index is 1.97. The van der Waals surface area contributed by atoms with Crippen LogP contribution in [0.4, 0.5) is 0 Å². The van der Waals surface area contributed by atoms with Gasteiger partial charge in [-0.15, -0.1) is 0 Å². The number of amides is 1. The van der Waals surface area contributed by atoms with Gasteiger partial charge in [0.25, 0.3) is 5.91 Å². The molecule has 1 aliphatic rings. The van der Waals surface area contributed by atoms with Gasteiger partial charge in [0.05, 0.1) is 6.10 Å². The minimum atomic E-state index is -0.176. The van der Waals surface area contributed by atoms with Crippen LogP contribution in [0.25, 0.3) is 0 Å². The van der Waals surface area contributed by atoms with E-state index in [0.29, 0.717) is 22.6 Å². The summed E-state index contributed by atoms with van der Waals surface area (Å²) in [6.07, 6.45) is 3.02. The number of aliphatic hydroxyl groups is 1. The average Bonchev–Trinajstić information content (AvgIpc) is 2.26. The van der Waals surface area contributed by atoms with Gasteiger partial charge in [-0.3, -0.25) is 4.79 Å². The Hall–Kier alpha value is -0.940. The smallest absolute Gasteiger partial charge is 0.273 e. The number of nitrogens with zero attached hydrogens (tertiary/aromatic N) is 2. The minimum Gasteiger partial charge on any atom is -0.393 e. The molecule has 2 rings (SSSR count). The maximum atomic E-state index is 12.1. The van der Waals surface area contributed by atoms with E-state index in [1.165, 1.54) is 0 Å². The number of hydrogen-bond acceptors (Lipinski definition) is 3. The normalized spacial score (nSPS) is 23.0. The molecule has 0 unspecified atom stereocenters. The molecule has 17 heavy (non-hydrogen) atoms. The van der Waals surface area contributed by atoms with Gasteiger partial charge in [0.1, 0.15) is 5.69 Å². The second-order valence-corrected chi connectivity index (χ2v) is 5.37. The summed E-state index contributed by atoms with van der Waals surface area (Å²) in [5, 5.41) is 9.21. The van der Waals surface area contributed by atoms with Crippen molar-refractivity contribution in [2.24, 2.45) is 5.92 Å². The quantitative estimate of drug-likeness (QED) is 0.924. The number of pyridine rings is 1. The highest BCUT2D eigenvalue weighted by atomic mass is 79.9. The van der Waals surface area contributed by atoms with E-state index in [-0.39, 0.29) is 12.0 Å². The van der Waals surface area contributed by atoms with Crippen LogP contribution in [0, 0.1) is 5.92 Å². The van der Waals surface area contributed by atoms with Gasteiger partial charge in [-0.25, -0.2) is 4.98 Å². The number of halogens is 1. The molecule has 1 fully saturated rings. The summed E-state index contributed by atoms with van der Waals surface area (Å²) < 4.78 is 0.713. The second kappa shape index (κ2) is 5.14. The Bertz CT molecular complexity index is 419.